The van der Waals surface area contributed by atoms with Crippen LogP contribution in [-0.2, 0) is 9.59 Å². The van der Waals surface area contributed by atoms with E-state index in [0.29, 0.717) is 36.0 Å². The molecule has 0 unspecified atom stereocenters. The van der Waals surface area contributed by atoms with Gasteiger partial charge < -0.3 is 9.47 Å². The summed E-state index contributed by atoms with van der Waals surface area (Å²) in [5.41, 5.74) is 2.29. The molecule has 0 spiro atoms. The van der Waals surface area contributed by atoms with Crippen molar-refractivity contribution < 1.29 is 23.9 Å². The summed E-state index contributed by atoms with van der Waals surface area (Å²) in [6, 6.07) is 7.82. The Balaban J connectivity index is 2.07. The Morgan fingerprint density at radius 3 is 2.42 bits per heavy atom. The number of anilines is 1. The normalized spacial score (nSPS) is 15.3. The minimum atomic E-state index is -0.791. The van der Waals surface area contributed by atoms with Gasteiger partial charge in [-0.3, -0.25) is 14.9 Å². The zero-order valence-corrected chi connectivity index (χ0v) is 18.5. The summed E-state index contributed by atoms with van der Waals surface area (Å²) in [4.78, 5) is 39.1. The molecule has 2 aromatic rings. The second-order valence-electron chi connectivity index (χ2n) is 6.94. The number of aryl methyl sites for hydroxylation is 2. The van der Waals surface area contributed by atoms with Crippen LogP contribution in [-0.4, -0.2) is 31.1 Å². The van der Waals surface area contributed by atoms with Crippen LogP contribution in [0.3, 0.4) is 0 Å². The quantitative estimate of drug-likeness (QED) is 0.528. The van der Waals surface area contributed by atoms with Gasteiger partial charge in [-0.25, -0.2) is 9.69 Å². The van der Waals surface area contributed by atoms with Crippen molar-refractivity contribution in [3.8, 4) is 11.5 Å². The predicted octanol–water partition coefficient (Wildman–Crippen LogP) is 4.42. The summed E-state index contributed by atoms with van der Waals surface area (Å²) in [5.74, 6) is -0.709. The van der Waals surface area contributed by atoms with Crippen LogP contribution in [0.4, 0.5) is 10.5 Å². The summed E-state index contributed by atoms with van der Waals surface area (Å²) in [6.45, 7) is 8.06. The number of carbonyl (C=O) groups excluding carboxylic acids is 3. The van der Waals surface area contributed by atoms with Crippen LogP contribution in [0.15, 0.2) is 35.9 Å². The molecule has 0 saturated carbocycles. The molecule has 1 N–H and O–H groups in total. The number of nitrogens with one attached hydrogen (secondary N) is 1. The van der Waals surface area contributed by atoms with Gasteiger partial charge in [0, 0.05) is 0 Å². The molecule has 8 heteroatoms. The zero-order valence-electron chi connectivity index (χ0n) is 17.7. The van der Waals surface area contributed by atoms with Crippen molar-refractivity contribution in [1.29, 1.82) is 0 Å². The number of halogens is 1. The van der Waals surface area contributed by atoms with E-state index in [1.807, 2.05) is 32.9 Å². The van der Waals surface area contributed by atoms with Crippen molar-refractivity contribution in [3.05, 3.63) is 57.6 Å². The van der Waals surface area contributed by atoms with Crippen molar-refractivity contribution in [1.82, 2.24) is 5.32 Å². The molecule has 1 heterocycles. The summed E-state index contributed by atoms with van der Waals surface area (Å²) in [7, 11) is 0. The number of hydrogen-bond donors (Lipinski definition) is 1. The first-order valence-electron chi connectivity index (χ1n) is 9.84. The molecule has 162 valence electrons. The topological polar surface area (TPSA) is 84.9 Å². The fraction of sp³-hybridized carbons (Fsp3) is 0.261. The first-order valence-corrected chi connectivity index (χ1v) is 10.2. The van der Waals surface area contributed by atoms with E-state index in [9.17, 15) is 14.4 Å². The lowest BCUT2D eigenvalue weighted by molar-refractivity contribution is -0.122. The van der Waals surface area contributed by atoms with Crippen LogP contribution in [0.1, 0.15) is 30.5 Å². The third kappa shape index (κ3) is 4.56. The number of rotatable bonds is 6. The molecule has 0 bridgehead atoms. The summed E-state index contributed by atoms with van der Waals surface area (Å²) < 4.78 is 11.1. The molecular formula is C23H23ClN2O5. The molecule has 0 aromatic heterocycles. The maximum absolute atomic E-state index is 13.2. The van der Waals surface area contributed by atoms with Crippen molar-refractivity contribution in [2.24, 2.45) is 0 Å². The molecule has 1 aliphatic rings. The number of amides is 4. The van der Waals surface area contributed by atoms with E-state index in [4.69, 9.17) is 21.1 Å². The predicted molar refractivity (Wildman–Crippen MR) is 119 cm³/mol. The van der Waals surface area contributed by atoms with Crippen LogP contribution in [0.25, 0.3) is 6.08 Å². The lowest BCUT2D eigenvalue weighted by Crippen LogP contribution is -2.54. The molecule has 1 fully saturated rings. The Morgan fingerprint density at radius 2 is 1.74 bits per heavy atom. The molecule has 7 nitrogen and oxygen atoms in total. The van der Waals surface area contributed by atoms with Gasteiger partial charge in [0.1, 0.15) is 5.57 Å². The number of imide groups is 2. The number of carbonyl (C=O) groups is 3. The monoisotopic (exact) mass is 442 g/mol. The third-order valence-electron chi connectivity index (χ3n) is 4.64. The minimum absolute atomic E-state index is 0.191. The van der Waals surface area contributed by atoms with Gasteiger partial charge in [0.15, 0.2) is 11.5 Å². The maximum atomic E-state index is 13.2. The molecule has 0 radical (unpaired) electrons. The highest BCUT2D eigenvalue weighted by molar-refractivity contribution is 6.39. The third-order valence-corrected chi connectivity index (χ3v) is 4.92. The molecular weight excluding hydrogens is 420 g/mol. The summed E-state index contributed by atoms with van der Waals surface area (Å²) in [6.07, 6.45) is 1.38. The molecule has 1 aliphatic heterocycles. The molecule has 0 aliphatic carbocycles. The van der Waals surface area contributed by atoms with E-state index in [1.54, 1.807) is 25.1 Å². The Labute approximate surface area is 185 Å². The lowest BCUT2D eigenvalue weighted by Gasteiger charge is -2.27. The number of hydrogen-bond acceptors (Lipinski definition) is 5. The number of barbiturate groups is 1. The highest BCUT2D eigenvalue weighted by Crippen LogP contribution is 2.37. The van der Waals surface area contributed by atoms with E-state index in [2.05, 4.69) is 5.32 Å². The molecule has 2 aromatic carbocycles. The van der Waals surface area contributed by atoms with Crippen molar-refractivity contribution in [2.75, 3.05) is 18.1 Å². The number of nitrogens with zero attached hydrogens (tertiary/aromatic N) is 1. The van der Waals surface area contributed by atoms with Crippen LogP contribution < -0.4 is 19.7 Å². The lowest BCUT2D eigenvalue weighted by atomic mass is 10.0. The van der Waals surface area contributed by atoms with E-state index in [0.717, 1.165) is 16.0 Å². The number of benzene rings is 2. The van der Waals surface area contributed by atoms with Gasteiger partial charge in [0.05, 0.1) is 23.9 Å². The largest absolute Gasteiger partial charge is 0.490 e. The van der Waals surface area contributed by atoms with E-state index < -0.39 is 17.8 Å². The minimum Gasteiger partial charge on any atom is -0.490 e. The molecule has 0 atom stereocenters. The van der Waals surface area contributed by atoms with Crippen LogP contribution in [0, 0.1) is 13.8 Å². The average Bonchev–Trinajstić information content (AvgIpc) is 2.70. The molecule has 31 heavy (non-hydrogen) atoms. The van der Waals surface area contributed by atoms with Gasteiger partial charge in [-0.15, -0.1) is 0 Å². The van der Waals surface area contributed by atoms with Crippen molar-refractivity contribution >= 4 is 41.2 Å². The SMILES string of the molecule is CCOc1cc(/C=C2\C(=O)NC(=O)N(c3cc(C)ccc3C)C2=O)cc(Cl)c1OCC. The van der Waals surface area contributed by atoms with Gasteiger partial charge in [0.25, 0.3) is 11.8 Å². The Morgan fingerprint density at radius 1 is 1.03 bits per heavy atom. The highest BCUT2D eigenvalue weighted by atomic mass is 35.5. The van der Waals surface area contributed by atoms with E-state index in [1.165, 1.54) is 6.08 Å². The summed E-state index contributed by atoms with van der Waals surface area (Å²) >= 11 is 6.34. The van der Waals surface area contributed by atoms with Crippen LogP contribution in [0.2, 0.25) is 5.02 Å². The maximum Gasteiger partial charge on any atom is 0.335 e. The Bertz CT molecular complexity index is 1090. The fourth-order valence-electron chi connectivity index (χ4n) is 3.22. The highest BCUT2D eigenvalue weighted by Gasteiger charge is 2.37. The Kier molecular flexibility index (Phi) is 6.65. The van der Waals surface area contributed by atoms with E-state index >= 15 is 0 Å². The smallest absolute Gasteiger partial charge is 0.335 e. The second-order valence-corrected chi connectivity index (χ2v) is 7.35. The fourth-order valence-corrected chi connectivity index (χ4v) is 3.50. The molecule has 3 rings (SSSR count). The molecule has 4 amide bonds. The van der Waals surface area contributed by atoms with Crippen LogP contribution >= 0.6 is 11.6 Å². The number of urea groups is 1. The van der Waals surface area contributed by atoms with Gasteiger partial charge in [-0.1, -0.05) is 23.7 Å². The second kappa shape index (κ2) is 9.22. The van der Waals surface area contributed by atoms with Crippen molar-refractivity contribution in [3.63, 3.8) is 0 Å². The zero-order chi connectivity index (χ0) is 22.7. The van der Waals surface area contributed by atoms with Gasteiger partial charge >= 0.3 is 6.03 Å². The average molecular weight is 443 g/mol. The molecule has 1 saturated heterocycles. The van der Waals surface area contributed by atoms with Gasteiger partial charge in [-0.2, -0.15) is 0 Å². The number of ether oxygens (including phenoxy) is 2. The first kappa shape index (κ1) is 22.4. The first-order chi connectivity index (χ1) is 14.8. The van der Waals surface area contributed by atoms with Crippen molar-refractivity contribution in [2.45, 2.75) is 27.7 Å². The van der Waals surface area contributed by atoms with Crippen LogP contribution in [0.5, 0.6) is 11.5 Å². The standard InChI is InChI=1S/C23H23ClN2O5/c1-5-30-19-12-15(11-17(24)20(19)31-6-2)10-16-21(27)25-23(29)26(22(16)28)18-9-13(3)7-8-14(18)4/h7-12H,5-6H2,1-4H3,(H,25,27,29)/b16-10+. The van der Waals surface area contributed by atoms with Gasteiger partial charge in [0.2, 0.25) is 0 Å². The Hall–Kier alpha value is -3.32. The summed E-state index contributed by atoms with van der Waals surface area (Å²) in [5, 5.41) is 2.51. The van der Waals surface area contributed by atoms with E-state index in [-0.39, 0.29) is 10.6 Å². The van der Waals surface area contributed by atoms with Gasteiger partial charge in [-0.05, 0) is 68.7 Å².